The molecule has 0 radical (unpaired) electrons. The van der Waals surface area contributed by atoms with Crippen LogP contribution in [0, 0.1) is 17.5 Å². The van der Waals surface area contributed by atoms with Crippen molar-refractivity contribution in [2.24, 2.45) is 5.73 Å². The van der Waals surface area contributed by atoms with Crippen LogP contribution in [0.1, 0.15) is 123 Å². The number of anilines is 3. The summed E-state index contributed by atoms with van der Waals surface area (Å²) in [5.74, 6) is 1.33. The monoisotopic (exact) mass is 1120 g/mol. The van der Waals surface area contributed by atoms with Crippen LogP contribution in [0.25, 0.3) is 16.9 Å². The van der Waals surface area contributed by atoms with Crippen LogP contribution in [0.5, 0.6) is 17.2 Å². The van der Waals surface area contributed by atoms with Crippen molar-refractivity contribution in [3.63, 3.8) is 0 Å². The molecule has 422 valence electrons. The summed E-state index contributed by atoms with van der Waals surface area (Å²) in [4.78, 5) is 49.7. The van der Waals surface area contributed by atoms with Crippen LogP contribution < -0.4 is 46.5 Å². The van der Waals surface area contributed by atoms with Gasteiger partial charge in [0.15, 0.2) is 16.9 Å². The highest BCUT2D eigenvalue weighted by Crippen LogP contribution is 2.41. The Bertz CT molecular complexity index is 3810. The molecule has 8 bridgehead atoms. The molecule has 25 heteroatoms. The topological polar surface area (TPSA) is 276 Å². The van der Waals surface area contributed by atoms with Crippen LogP contribution in [0.15, 0.2) is 91.8 Å². The van der Waals surface area contributed by atoms with E-state index in [0.717, 1.165) is 39.3 Å². The molecule has 14 rings (SSSR count). The fourth-order valence-electron chi connectivity index (χ4n) is 11.0. The summed E-state index contributed by atoms with van der Waals surface area (Å²) in [5, 5.41) is 37.1. The maximum Gasteiger partial charge on any atom is 0.341 e. The highest BCUT2D eigenvalue weighted by Gasteiger charge is 2.32. The lowest BCUT2D eigenvalue weighted by Crippen LogP contribution is -2.28. The maximum atomic E-state index is 14.2. The standard InChI is InChI=1S/C19H20FN5O3.2C19H18FN5O2/c1-10(14-8-12(20)6-11-7-13(2-4-21)28-17(11)14)23-16-3-5-25-18(24-16)15(9-22-25)19(26)27;2*1-10-14-8-12(20)6-11-7-13(27-17(11)14)2-4-21-19(26)15-9-22-25-5-3-16(23-10)24-18(15)25/h3,5-6,8-10,13H,2,4,7,21H2,1H3,(H,23,24)(H,26,27);2*3,5-6,8-10,13H,2,4,7H2,1H3,(H,21,26)(H,23,24)/t10-,13?;10-,13+;10-,13-/m111/s1. The molecule has 6 atom stereocenters. The lowest BCUT2D eigenvalue weighted by molar-refractivity contribution is 0.0698. The molecule has 0 fully saturated rings. The molecule has 5 aliphatic heterocycles. The first kappa shape index (κ1) is 53.1. The van der Waals surface area contributed by atoms with Crippen LogP contribution in [0.2, 0.25) is 0 Å². The number of amides is 2. The predicted octanol–water partition coefficient (Wildman–Crippen LogP) is 7.35. The highest BCUT2D eigenvalue weighted by molar-refractivity contribution is 6.00. The number of aromatic nitrogens is 9. The summed E-state index contributed by atoms with van der Waals surface area (Å²) < 4.78 is 65.2. The fraction of sp³-hybridized carbons (Fsp3) is 0.316. The van der Waals surface area contributed by atoms with Gasteiger partial charge in [0.2, 0.25) is 0 Å². The SMILES string of the molecule is C[C@@H](Nc1ccn2ncc(C(=O)O)c2n1)c1cc(F)cc2c1OC(CCN)C2.C[C@H]1Nc2ccn3ncc(c3n2)C(=O)NCC[C@@H]2Cc3cc(F)cc1c3O2.C[C@H]1Nc2ccn3ncc(c3n2)C(=O)NCC[C@H]2Cc3cc(F)cc1c3O2. The molecule has 0 aliphatic carbocycles. The van der Waals surface area contributed by atoms with Crippen LogP contribution in [0.4, 0.5) is 30.6 Å². The second kappa shape index (κ2) is 21.8. The third kappa shape index (κ3) is 10.6. The molecule has 0 saturated carbocycles. The van der Waals surface area contributed by atoms with E-state index in [-0.39, 0.29) is 76.9 Å². The van der Waals surface area contributed by atoms with E-state index >= 15 is 0 Å². The van der Waals surface area contributed by atoms with Gasteiger partial charge < -0.3 is 51.6 Å². The Balaban J connectivity index is 0.000000122. The number of halogens is 3. The van der Waals surface area contributed by atoms with Gasteiger partial charge in [-0.05, 0) is 88.3 Å². The van der Waals surface area contributed by atoms with Crippen molar-refractivity contribution in [3.8, 4) is 17.2 Å². The van der Waals surface area contributed by atoms with Gasteiger partial charge in [0.1, 0.15) is 87.2 Å². The number of hydrogen-bond acceptors (Lipinski definition) is 16. The summed E-state index contributed by atoms with van der Waals surface area (Å²) in [7, 11) is 0. The first-order valence-corrected chi connectivity index (χ1v) is 26.9. The van der Waals surface area contributed by atoms with Gasteiger partial charge in [0.05, 0.1) is 36.7 Å². The second-order valence-corrected chi connectivity index (χ2v) is 20.8. The van der Waals surface area contributed by atoms with Gasteiger partial charge in [-0.25, -0.2) is 46.5 Å². The minimum atomic E-state index is -1.10. The molecular weight excluding hydrogens is 1060 g/mol. The van der Waals surface area contributed by atoms with Gasteiger partial charge in [-0.3, -0.25) is 9.59 Å². The van der Waals surface area contributed by atoms with E-state index in [0.29, 0.717) is 109 Å². The number of rotatable bonds is 6. The molecule has 3 aromatic carbocycles. The van der Waals surface area contributed by atoms with Gasteiger partial charge >= 0.3 is 5.97 Å². The third-order valence-corrected chi connectivity index (χ3v) is 15.0. The summed E-state index contributed by atoms with van der Waals surface area (Å²) in [6.07, 6.45) is 13.0. The molecule has 11 heterocycles. The molecule has 1 unspecified atom stereocenters. The maximum absolute atomic E-state index is 14.2. The molecule has 22 nitrogen and oxygen atoms in total. The van der Waals surface area contributed by atoms with Gasteiger partial charge in [0.25, 0.3) is 11.8 Å². The number of carbonyl (C=O) groups excluding carboxylic acids is 2. The number of aromatic carboxylic acids is 1. The number of fused-ring (bicyclic) bond motifs is 6. The Kier molecular flexibility index (Phi) is 14.2. The number of carboxylic acid groups (broad SMARTS) is 1. The van der Waals surface area contributed by atoms with E-state index in [9.17, 15) is 32.7 Å². The summed E-state index contributed by atoms with van der Waals surface area (Å²) in [5.41, 5.74) is 12.4. The Hall–Kier alpha value is -9.52. The van der Waals surface area contributed by atoms with Crippen molar-refractivity contribution in [1.82, 2.24) is 54.4 Å². The Morgan fingerprint density at radius 2 is 1.18 bits per heavy atom. The third-order valence-electron chi connectivity index (χ3n) is 15.0. The van der Waals surface area contributed by atoms with E-state index in [1.165, 1.54) is 59.5 Å². The number of carboxylic acids is 1. The van der Waals surface area contributed by atoms with Gasteiger partial charge in [-0.2, -0.15) is 15.3 Å². The zero-order chi connectivity index (χ0) is 56.9. The van der Waals surface area contributed by atoms with Crippen LogP contribution >= 0.6 is 0 Å². The zero-order valence-corrected chi connectivity index (χ0v) is 44.6. The van der Waals surface area contributed by atoms with E-state index in [1.54, 1.807) is 45.8 Å². The molecule has 82 heavy (non-hydrogen) atoms. The summed E-state index contributed by atoms with van der Waals surface area (Å²) in [6.45, 7) is 7.17. The van der Waals surface area contributed by atoms with E-state index in [2.05, 4.69) is 56.8 Å². The quantitative estimate of drug-likeness (QED) is 0.0857. The van der Waals surface area contributed by atoms with Crippen molar-refractivity contribution in [1.29, 1.82) is 0 Å². The predicted molar refractivity (Wildman–Crippen MR) is 293 cm³/mol. The average molecular weight is 1120 g/mol. The van der Waals surface area contributed by atoms with Crippen molar-refractivity contribution in [2.45, 2.75) is 95.7 Å². The van der Waals surface area contributed by atoms with E-state index in [1.807, 2.05) is 20.8 Å². The average Bonchev–Trinajstić information content (AvgIpc) is 4.25. The van der Waals surface area contributed by atoms with Gasteiger partial charge in [0, 0.05) is 97.2 Å². The van der Waals surface area contributed by atoms with E-state index in [4.69, 9.17) is 19.9 Å². The normalized spacial score (nSPS) is 19.8. The minimum absolute atomic E-state index is 0.0101. The molecule has 9 aromatic rings. The lowest BCUT2D eigenvalue weighted by atomic mass is 10.0. The number of benzene rings is 3. The van der Waals surface area contributed by atoms with Crippen LogP contribution in [-0.2, 0) is 19.3 Å². The van der Waals surface area contributed by atoms with Crippen molar-refractivity contribution in [3.05, 3.63) is 159 Å². The smallest absolute Gasteiger partial charge is 0.341 e. The Morgan fingerprint density at radius 3 is 1.72 bits per heavy atom. The molecular formula is C57H56F3N15O7. The molecule has 0 spiro atoms. The van der Waals surface area contributed by atoms with E-state index < -0.39 is 5.97 Å². The lowest BCUT2D eigenvalue weighted by Gasteiger charge is -2.19. The molecule has 6 aromatic heterocycles. The van der Waals surface area contributed by atoms with Gasteiger partial charge in [-0.15, -0.1) is 0 Å². The number of hydrogen-bond donors (Lipinski definition) is 7. The van der Waals surface area contributed by atoms with Gasteiger partial charge in [-0.1, -0.05) is 0 Å². The first-order chi connectivity index (χ1) is 39.6. The van der Waals surface area contributed by atoms with Crippen molar-refractivity contribution >= 4 is 52.2 Å². The number of nitrogens with two attached hydrogens (primary N) is 1. The fourth-order valence-corrected chi connectivity index (χ4v) is 11.0. The highest BCUT2D eigenvalue weighted by atomic mass is 19.1. The first-order valence-electron chi connectivity index (χ1n) is 26.9. The molecule has 5 aliphatic rings. The molecule has 8 N–H and O–H groups in total. The van der Waals surface area contributed by atoms with Crippen molar-refractivity contribution in [2.75, 3.05) is 35.6 Å². The summed E-state index contributed by atoms with van der Waals surface area (Å²) >= 11 is 0. The minimum Gasteiger partial charge on any atom is -0.489 e. The Morgan fingerprint density at radius 1 is 0.683 bits per heavy atom. The number of nitrogens with one attached hydrogen (secondary N) is 5. The largest absolute Gasteiger partial charge is 0.489 e. The zero-order valence-electron chi connectivity index (χ0n) is 44.6. The molecule has 0 saturated heterocycles. The second-order valence-electron chi connectivity index (χ2n) is 20.8. The Labute approximate surface area is 465 Å². The number of ether oxygens (including phenoxy) is 3. The van der Waals surface area contributed by atoms with Crippen LogP contribution in [-0.4, -0.2) is 105 Å². The molecule has 2 amide bonds. The summed E-state index contributed by atoms with van der Waals surface area (Å²) in [6, 6.07) is 13.5. The van der Waals surface area contributed by atoms with Crippen molar-refractivity contribution < 1.29 is 46.9 Å². The number of carbonyl (C=O) groups is 3. The number of nitrogens with zero attached hydrogens (tertiary/aromatic N) is 9. The van der Waals surface area contributed by atoms with Crippen LogP contribution in [0.3, 0.4) is 0 Å².